The Hall–Kier alpha value is -4.76. The number of amides is 1. The predicted molar refractivity (Wildman–Crippen MR) is 158 cm³/mol. The summed E-state index contributed by atoms with van der Waals surface area (Å²) in [6.07, 6.45) is 3.56. The summed E-state index contributed by atoms with van der Waals surface area (Å²) in [5.41, 5.74) is 6.40. The molecule has 7 rings (SSSR count). The lowest BCUT2D eigenvalue weighted by atomic mass is 10.0. The highest BCUT2D eigenvalue weighted by Gasteiger charge is 2.37. The molecule has 2 N–H and O–H groups in total. The van der Waals surface area contributed by atoms with E-state index in [-0.39, 0.29) is 18.0 Å². The first-order valence-corrected chi connectivity index (χ1v) is 13.9. The van der Waals surface area contributed by atoms with E-state index in [2.05, 4.69) is 19.9 Å². The SMILES string of the molecule is Cc1nc2ccc(-c3cnc(-c4ccc5nc([C@@H]6CCCN6C(=O)[C@@H](c6ccccc6)N(C)C)[nH]c5c4)o3)cc2[nH]1. The second kappa shape index (κ2) is 10.0. The zero-order valence-corrected chi connectivity index (χ0v) is 23.3. The van der Waals surface area contributed by atoms with Crippen molar-refractivity contribution >= 4 is 28.0 Å². The number of aromatic nitrogens is 5. The van der Waals surface area contributed by atoms with E-state index < -0.39 is 0 Å². The Morgan fingerprint density at radius 2 is 1.71 bits per heavy atom. The molecule has 6 aromatic rings. The molecular formula is C32H31N7O2. The number of nitrogens with one attached hydrogen (secondary N) is 2. The minimum Gasteiger partial charge on any atom is -0.436 e. The third-order valence-electron chi connectivity index (χ3n) is 7.85. The van der Waals surface area contributed by atoms with Crippen molar-refractivity contribution in [3.63, 3.8) is 0 Å². The minimum absolute atomic E-state index is 0.0978. The third-order valence-corrected chi connectivity index (χ3v) is 7.85. The van der Waals surface area contributed by atoms with Crippen LogP contribution in [0, 0.1) is 6.92 Å². The summed E-state index contributed by atoms with van der Waals surface area (Å²) in [7, 11) is 3.90. The molecule has 0 saturated carbocycles. The average molecular weight is 546 g/mol. The molecule has 41 heavy (non-hydrogen) atoms. The maximum atomic E-state index is 13.8. The van der Waals surface area contributed by atoms with Gasteiger partial charge in [0.15, 0.2) is 5.76 Å². The lowest BCUT2D eigenvalue weighted by Crippen LogP contribution is -2.40. The fourth-order valence-corrected chi connectivity index (χ4v) is 5.92. The first-order chi connectivity index (χ1) is 19.9. The second-order valence-corrected chi connectivity index (χ2v) is 10.9. The Labute approximate surface area is 237 Å². The van der Waals surface area contributed by atoms with Crippen molar-refractivity contribution < 1.29 is 9.21 Å². The van der Waals surface area contributed by atoms with Crippen LogP contribution in [0.25, 0.3) is 44.8 Å². The van der Waals surface area contributed by atoms with Gasteiger partial charge >= 0.3 is 0 Å². The van der Waals surface area contributed by atoms with Crippen molar-refractivity contribution in [1.29, 1.82) is 0 Å². The summed E-state index contributed by atoms with van der Waals surface area (Å²) in [6.45, 7) is 2.66. The van der Waals surface area contributed by atoms with Crippen LogP contribution in [-0.4, -0.2) is 61.3 Å². The highest BCUT2D eigenvalue weighted by atomic mass is 16.4. The molecule has 4 heterocycles. The van der Waals surface area contributed by atoms with E-state index in [0.717, 1.165) is 63.2 Å². The van der Waals surface area contributed by atoms with Crippen molar-refractivity contribution in [2.45, 2.75) is 31.8 Å². The molecule has 1 fully saturated rings. The first-order valence-electron chi connectivity index (χ1n) is 13.9. The van der Waals surface area contributed by atoms with Gasteiger partial charge in [0.2, 0.25) is 11.8 Å². The van der Waals surface area contributed by atoms with Crippen LogP contribution < -0.4 is 0 Å². The summed E-state index contributed by atoms with van der Waals surface area (Å²) >= 11 is 0. The van der Waals surface area contributed by atoms with E-state index in [1.807, 2.05) is 97.5 Å². The van der Waals surface area contributed by atoms with E-state index in [1.165, 1.54) is 0 Å². The minimum atomic E-state index is -0.343. The van der Waals surface area contributed by atoms with Gasteiger partial charge in [0.25, 0.3) is 0 Å². The lowest BCUT2D eigenvalue weighted by molar-refractivity contribution is -0.137. The molecule has 1 amide bonds. The molecule has 2 atom stereocenters. The molecule has 206 valence electrons. The van der Waals surface area contributed by atoms with Crippen molar-refractivity contribution in [1.82, 2.24) is 34.7 Å². The molecule has 9 nitrogen and oxygen atoms in total. The van der Waals surface area contributed by atoms with Crippen molar-refractivity contribution in [3.05, 3.63) is 90.1 Å². The number of fused-ring (bicyclic) bond motifs is 2. The van der Waals surface area contributed by atoms with Crippen molar-refractivity contribution in [2.75, 3.05) is 20.6 Å². The highest BCUT2D eigenvalue weighted by Crippen LogP contribution is 2.36. The molecular weight excluding hydrogens is 514 g/mol. The number of aromatic amines is 2. The van der Waals surface area contributed by atoms with Crippen LogP contribution in [0.1, 0.15) is 42.1 Å². The second-order valence-electron chi connectivity index (χ2n) is 10.9. The molecule has 1 aliphatic rings. The molecule has 0 radical (unpaired) electrons. The van der Waals surface area contributed by atoms with Crippen LogP contribution in [0.2, 0.25) is 0 Å². The molecule has 9 heteroatoms. The zero-order chi connectivity index (χ0) is 28.1. The Bertz CT molecular complexity index is 1870. The molecule has 3 aromatic heterocycles. The van der Waals surface area contributed by atoms with Crippen LogP contribution in [0.4, 0.5) is 0 Å². The molecule has 0 unspecified atom stereocenters. The van der Waals surface area contributed by atoms with Crippen LogP contribution in [0.15, 0.2) is 77.3 Å². The van der Waals surface area contributed by atoms with Gasteiger partial charge in [-0.25, -0.2) is 15.0 Å². The zero-order valence-electron chi connectivity index (χ0n) is 23.3. The predicted octanol–water partition coefficient (Wildman–Crippen LogP) is 6.04. The van der Waals surface area contributed by atoms with Gasteiger partial charge in [0, 0.05) is 17.7 Å². The molecule has 3 aromatic carbocycles. The maximum absolute atomic E-state index is 13.8. The number of benzene rings is 3. The summed E-state index contributed by atoms with van der Waals surface area (Å²) < 4.78 is 6.17. The van der Waals surface area contributed by atoms with Crippen molar-refractivity contribution in [3.8, 4) is 22.8 Å². The largest absolute Gasteiger partial charge is 0.436 e. The Morgan fingerprint density at radius 1 is 0.976 bits per heavy atom. The summed E-state index contributed by atoms with van der Waals surface area (Å²) in [6, 6.07) is 21.5. The monoisotopic (exact) mass is 545 g/mol. The fraction of sp³-hybridized carbons (Fsp3) is 0.250. The smallest absolute Gasteiger partial charge is 0.245 e. The number of carbonyl (C=O) groups is 1. The van der Waals surface area contributed by atoms with Gasteiger partial charge in [-0.05, 0) is 75.8 Å². The van der Waals surface area contributed by atoms with Crippen LogP contribution in [0.5, 0.6) is 0 Å². The van der Waals surface area contributed by atoms with Gasteiger partial charge in [-0.15, -0.1) is 0 Å². The Balaban J connectivity index is 1.16. The van der Waals surface area contributed by atoms with E-state index in [9.17, 15) is 4.79 Å². The topological polar surface area (TPSA) is 107 Å². The number of imidazole rings is 2. The van der Waals surface area contributed by atoms with Crippen molar-refractivity contribution in [2.24, 2.45) is 0 Å². The third kappa shape index (κ3) is 4.58. The number of likely N-dealkylation sites (tertiary alicyclic amines) is 1. The number of hydrogen-bond acceptors (Lipinski definition) is 6. The number of nitrogens with zero attached hydrogens (tertiary/aromatic N) is 5. The van der Waals surface area contributed by atoms with Gasteiger partial charge in [-0.1, -0.05) is 30.3 Å². The summed E-state index contributed by atoms with van der Waals surface area (Å²) in [5, 5.41) is 0. The van der Waals surface area contributed by atoms with E-state index >= 15 is 0 Å². The molecule has 1 aliphatic heterocycles. The van der Waals surface area contributed by atoms with E-state index in [0.29, 0.717) is 18.2 Å². The molecule has 1 saturated heterocycles. The van der Waals surface area contributed by atoms with Crippen LogP contribution in [0.3, 0.4) is 0 Å². The van der Waals surface area contributed by atoms with Crippen LogP contribution in [-0.2, 0) is 4.79 Å². The Kier molecular flexibility index (Phi) is 6.16. The number of hydrogen-bond donors (Lipinski definition) is 2. The number of rotatable bonds is 6. The van der Waals surface area contributed by atoms with Gasteiger partial charge in [0.05, 0.1) is 34.3 Å². The van der Waals surface area contributed by atoms with Gasteiger partial charge in [-0.2, -0.15) is 0 Å². The number of H-pyrrole nitrogens is 2. The van der Waals surface area contributed by atoms with Gasteiger partial charge < -0.3 is 19.3 Å². The number of aryl methyl sites for hydroxylation is 1. The maximum Gasteiger partial charge on any atom is 0.245 e. The summed E-state index contributed by atoms with van der Waals surface area (Å²) in [4.78, 5) is 38.5. The van der Waals surface area contributed by atoms with E-state index in [1.54, 1.807) is 6.20 Å². The first kappa shape index (κ1) is 25.2. The Morgan fingerprint density at radius 3 is 2.51 bits per heavy atom. The van der Waals surface area contributed by atoms with E-state index in [4.69, 9.17) is 9.40 Å². The number of likely N-dealkylation sites (N-methyl/N-ethyl adjacent to an activating group) is 1. The number of carbonyl (C=O) groups excluding carboxylic acids is 1. The summed E-state index contributed by atoms with van der Waals surface area (Å²) in [5.74, 6) is 3.01. The molecule has 0 aliphatic carbocycles. The quantitative estimate of drug-likeness (QED) is 0.264. The van der Waals surface area contributed by atoms with Gasteiger partial charge in [0.1, 0.15) is 17.7 Å². The normalized spacial score (nSPS) is 16.3. The lowest BCUT2D eigenvalue weighted by Gasteiger charge is -2.31. The number of oxazole rings is 1. The van der Waals surface area contributed by atoms with Crippen LogP contribution >= 0.6 is 0 Å². The fourth-order valence-electron chi connectivity index (χ4n) is 5.92. The standard InChI is InChI=1S/C32H31N7O2/c1-19-34-23-13-11-21(16-25(23)35-19)28-18-33-31(41-28)22-12-14-24-26(17-22)37-30(36-24)27-10-7-15-39(27)32(40)29(38(2)3)20-8-5-4-6-9-20/h4-6,8-9,11-14,16-18,27,29H,7,10,15H2,1-3H3,(H,34,35)(H,36,37)/t27-,29+/m0/s1. The molecule has 0 spiro atoms. The average Bonchev–Trinajstić information content (AvgIpc) is 3.77. The van der Waals surface area contributed by atoms with Gasteiger partial charge in [-0.3, -0.25) is 9.69 Å². The highest BCUT2D eigenvalue weighted by molar-refractivity contribution is 5.85. The molecule has 0 bridgehead atoms.